The molecule has 0 heterocycles. The lowest BCUT2D eigenvalue weighted by Gasteiger charge is -2.06. The zero-order valence-electron chi connectivity index (χ0n) is 9.71. The number of unbranched alkanes of at least 4 members (excludes halogenated alkanes) is 1. The number of carbonyl (C=O) groups excluding carboxylic acids is 1. The summed E-state index contributed by atoms with van der Waals surface area (Å²) < 4.78 is 0. The minimum atomic E-state index is -0.202. The SMILES string of the molecule is NC(=S)CCCCNC(=O)c1ccc(Cl)cc1Cl. The number of benzene rings is 1. The molecular formula is C12H14Cl2N2OS. The van der Waals surface area contributed by atoms with E-state index in [0.29, 0.717) is 33.6 Å². The van der Waals surface area contributed by atoms with Crippen molar-refractivity contribution in [1.82, 2.24) is 5.32 Å². The minimum Gasteiger partial charge on any atom is -0.393 e. The largest absolute Gasteiger partial charge is 0.393 e. The van der Waals surface area contributed by atoms with Gasteiger partial charge in [-0.3, -0.25) is 4.79 Å². The third-order valence-corrected chi connectivity index (χ3v) is 3.06. The first-order valence-corrected chi connectivity index (χ1v) is 6.68. The Morgan fingerprint density at radius 2 is 2.06 bits per heavy atom. The number of thiocarbonyl (C=S) groups is 1. The number of hydrogen-bond acceptors (Lipinski definition) is 2. The number of amides is 1. The monoisotopic (exact) mass is 304 g/mol. The second-order valence-corrected chi connectivity index (χ2v) is 5.17. The van der Waals surface area contributed by atoms with Crippen molar-refractivity contribution in [3.8, 4) is 0 Å². The molecule has 3 nitrogen and oxygen atoms in total. The van der Waals surface area contributed by atoms with Crippen molar-refractivity contribution in [3.05, 3.63) is 33.8 Å². The highest BCUT2D eigenvalue weighted by Crippen LogP contribution is 2.20. The summed E-state index contributed by atoms with van der Waals surface area (Å²) in [6.45, 7) is 0.570. The van der Waals surface area contributed by atoms with Gasteiger partial charge in [-0.05, 0) is 37.5 Å². The van der Waals surface area contributed by atoms with E-state index < -0.39 is 0 Å². The molecule has 0 saturated carbocycles. The van der Waals surface area contributed by atoms with Gasteiger partial charge in [0.25, 0.3) is 5.91 Å². The van der Waals surface area contributed by atoms with Crippen LogP contribution in [0.3, 0.4) is 0 Å². The zero-order valence-corrected chi connectivity index (χ0v) is 12.0. The molecule has 0 fully saturated rings. The molecule has 1 amide bonds. The molecule has 1 aromatic rings. The maximum atomic E-state index is 11.8. The second kappa shape index (κ2) is 7.56. The number of hydrogen-bond donors (Lipinski definition) is 2. The molecule has 0 radical (unpaired) electrons. The zero-order chi connectivity index (χ0) is 13.5. The van der Waals surface area contributed by atoms with Crippen LogP contribution in [0.2, 0.25) is 10.0 Å². The van der Waals surface area contributed by atoms with Gasteiger partial charge in [0.1, 0.15) is 0 Å². The molecule has 0 aliphatic heterocycles. The van der Waals surface area contributed by atoms with E-state index in [-0.39, 0.29) is 5.91 Å². The minimum absolute atomic E-state index is 0.202. The van der Waals surface area contributed by atoms with Gasteiger partial charge in [0.2, 0.25) is 0 Å². The average Bonchev–Trinajstić information content (AvgIpc) is 2.27. The van der Waals surface area contributed by atoms with E-state index in [4.69, 9.17) is 41.2 Å². The fraction of sp³-hybridized carbons (Fsp3) is 0.333. The maximum absolute atomic E-state index is 11.8. The highest BCUT2D eigenvalue weighted by molar-refractivity contribution is 7.80. The number of rotatable bonds is 6. The molecule has 6 heteroatoms. The molecule has 18 heavy (non-hydrogen) atoms. The molecule has 0 aromatic heterocycles. The van der Waals surface area contributed by atoms with Crippen LogP contribution >= 0.6 is 35.4 Å². The Bertz CT molecular complexity index is 452. The second-order valence-electron chi connectivity index (χ2n) is 3.80. The summed E-state index contributed by atoms with van der Waals surface area (Å²) in [5, 5.41) is 3.64. The molecule has 0 spiro atoms. The highest BCUT2D eigenvalue weighted by atomic mass is 35.5. The molecule has 1 rings (SSSR count). The normalized spacial score (nSPS) is 10.1. The number of halogens is 2. The molecule has 3 N–H and O–H groups in total. The Morgan fingerprint density at radius 3 is 2.67 bits per heavy atom. The van der Waals surface area contributed by atoms with Crippen molar-refractivity contribution < 1.29 is 4.79 Å². The van der Waals surface area contributed by atoms with Crippen LogP contribution in [-0.4, -0.2) is 17.4 Å². The van der Waals surface area contributed by atoms with Gasteiger partial charge in [0.15, 0.2) is 0 Å². The summed E-state index contributed by atoms with van der Waals surface area (Å²) in [5.74, 6) is -0.202. The first kappa shape index (κ1) is 15.2. The van der Waals surface area contributed by atoms with E-state index in [1.54, 1.807) is 18.2 Å². The van der Waals surface area contributed by atoms with Crippen LogP contribution in [0.4, 0.5) is 0 Å². The average molecular weight is 305 g/mol. The number of nitrogens with one attached hydrogen (secondary N) is 1. The smallest absolute Gasteiger partial charge is 0.252 e. The van der Waals surface area contributed by atoms with Crippen molar-refractivity contribution in [2.24, 2.45) is 5.73 Å². The summed E-state index contributed by atoms with van der Waals surface area (Å²) >= 11 is 16.4. The highest BCUT2D eigenvalue weighted by Gasteiger charge is 2.09. The molecule has 0 atom stereocenters. The molecule has 0 bridgehead atoms. The van der Waals surface area contributed by atoms with Gasteiger partial charge in [0, 0.05) is 11.6 Å². The molecule has 1 aromatic carbocycles. The lowest BCUT2D eigenvalue weighted by Crippen LogP contribution is -2.24. The van der Waals surface area contributed by atoms with Gasteiger partial charge < -0.3 is 11.1 Å². The molecular weight excluding hydrogens is 291 g/mol. The van der Waals surface area contributed by atoms with Gasteiger partial charge >= 0.3 is 0 Å². The molecule has 0 aliphatic rings. The Morgan fingerprint density at radius 1 is 1.33 bits per heavy atom. The van der Waals surface area contributed by atoms with E-state index in [1.165, 1.54) is 0 Å². The van der Waals surface area contributed by atoms with Gasteiger partial charge in [-0.15, -0.1) is 0 Å². The Kier molecular flexibility index (Phi) is 6.39. The van der Waals surface area contributed by atoms with Crippen molar-refractivity contribution in [3.63, 3.8) is 0 Å². The fourth-order valence-corrected chi connectivity index (χ4v) is 2.03. The number of carbonyl (C=O) groups is 1. The van der Waals surface area contributed by atoms with Crippen molar-refractivity contribution in [2.75, 3.05) is 6.54 Å². The number of nitrogens with two attached hydrogens (primary N) is 1. The van der Waals surface area contributed by atoms with E-state index in [1.807, 2.05) is 0 Å². The lowest BCUT2D eigenvalue weighted by molar-refractivity contribution is 0.0953. The van der Waals surface area contributed by atoms with Crippen LogP contribution in [0.1, 0.15) is 29.6 Å². The Balaban J connectivity index is 2.39. The Hall–Kier alpha value is -0.840. The van der Waals surface area contributed by atoms with Crippen LogP contribution in [0.5, 0.6) is 0 Å². The summed E-state index contributed by atoms with van der Waals surface area (Å²) in [7, 11) is 0. The summed E-state index contributed by atoms with van der Waals surface area (Å²) in [4.78, 5) is 12.3. The van der Waals surface area contributed by atoms with Crippen LogP contribution < -0.4 is 11.1 Å². The standard InChI is InChI=1S/C12H14Cl2N2OS/c13-8-4-5-9(10(14)7-8)12(17)16-6-2-1-3-11(15)18/h4-5,7H,1-3,6H2,(H2,15,18)(H,16,17). The van der Waals surface area contributed by atoms with Gasteiger partial charge in [-0.1, -0.05) is 35.4 Å². The Labute approximate surface area is 122 Å². The molecule has 0 unspecified atom stereocenters. The van der Waals surface area contributed by atoms with Crippen molar-refractivity contribution >= 4 is 46.3 Å². The third kappa shape index (κ3) is 5.21. The summed E-state index contributed by atoms with van der Waals surface area (Å²) in [6.07, 6.45) is 2.39. The third-order valence-electron chi connectivity index (χ3n) is 2.31. The quantitative estimate of drug-likeness (QED) is 0.627. The van der Waals surface area contributed by atoms with Crippen molar-refractivity contribution in [2.45, 2.75) is 19.3 Å². The van der Waals surface area contributed by atoms with Crippen molar-refractivity contribution in [1.29, 1.82) is 0 Å². The van der Waals surface area contributed by atoms with Gasteiger partial charge in [-0.2, -0.15) is 0 Å². The van der Waals surface area contributed by atoms with Crippen LogP contribution in [0, 0.1) is 0 Å². The first-order chi connectivity index (χ1) is 8.50. The molecule has 0 aliphatic carbocycles. The summed E-state index contributed by atoms with van der Waals surface area (Å²) in [6, 6.07) is 4.79. The van der Waals surface area contributed by atoms with Crippen LogP contribution in [-0.2, 0) is 0 Å². The van der Waals surface area contributed by atoms with Gasteiger partial charge in [0.05, 0.1) is 15.6 Å². The van der Waals surface area contributed by atoms with E-state index in [0.717, 1.165) is 12.8 Å². The first-order valence-electron chi connectivity index (χ1n) is 5.52. The lowest BCUT2D eigenvalue weighted by atomic mass is 10.2. The summed E-state index contributed by atoms with van der Waals surface area (Å²) in [5.41, 5.74) is 5.80. The van der Waals surface area contributed by atoms with Crippen LogP contribution in [0.25, 0.3) is 0 Å². The van der Waals surface area contributed by atoms with E-state index in [9.17, 15) is 4.79 Å². The van der Waals surface area contributed by atoms with Crippen LogP contribution in [0.15, 0.2) is 18.2 Å². The topological polar surface area (TPSA) is 55.1 Å². The molecule has 0 saturated heterocycles. The predicted octanol–water partition coefficient (Wildman–Crippen LogP) is 3.18. The fourth-order valence-electron chi connectivity index (χ4n) is 1.39. The predicted molar refractivity (Wildman–Crippen MR) is 79.4 cm³/mol. The van der Waals surface area contributed by atoms with E-state index in [2.05, 4.69) is 5.32 Å². The van der Waals surface area contributed by atoms with E-state index >= 15 is 0 Å². The molecule has 98 valence electrons. The maximum Gasteiger partial charge on any atom is 0.252 e. The van der Waals surface area contributed by atoms with Gasteiger partial charge in [-0.25, -0.2) is 0 Å².